The third-order valence-electron chi connectivity index (χ3n) is 2.30. The molecule has 1 N–H and O–H groups in total. The van der Waals surface area contributed by atoms with E-state index < -0.39 is 0 Å². The lowest BCUT2D eigenvalue weighted by Crippen LogP contribution is -2.06. The van der Waals surface area contributed by atoms with Crippen molar-refractivity contribution in [3.63, 3.8) is 0 Å². The lowest BCUT2D eigenvalue weighted by molar-refractivity contribution is 0.653. The number of benzene rings is 1. The Kier molecular flexibility index (Phi) is 2.95. The van der Waals surface area contributed by atoms with Gasteiger partial charge in [0.25, 0.3) is 0 Å². The molecule has 0 fully saturated rings. The van der Waals surface area contributed by atoms with Crippen LogP contribution >= 0.6 is 0 Å². The first-order chi connectivity index (χ1) is 7.83. The van der Waals surface area contributed by atoms with Crippen molar-refractivity contribution in [2.45, 2.75) is 6.54 Å². The lowest BCUT2D eigenvalue weighted by atomic mass is 10.1. The van der Waals surface area contributed by atoms with E-state index in [0.29, 0.717) is 12.5 Å². The van der Waals surface area contributed by atoms with Crippen molar-refractivity contribution in [3.05, 3.63) is 42.0 Å². The summed E-state index contributed by atoms with van der Waals surface area (Å²) in [4.78, 5) is 0. The van der Waals surface area contributed by atoms with Gasteiger partial charge in [-0.2, -0.15) is 0 Å². The van der Waals surface area contributed by atoms with Gasteiger partial charge in [0.05, 0.1) is 6.54 Å². The van der Waals surface area contributed by atoms with Crippen LogP contribution in [0.25, 0.3) is 6.08 Å². The van der Waals surface area contributed by atoms with E-state index in [0.717, 1.165) is 11.1 Å². The summed E-state index contributed by atoms with van der Waals surface area (Å²) in [5.74, 6) is 0.660. The van der Waals surface area contributed by atoms with E-state index >= 15 is 0 Å². The Morgan fingerprint density at radius 2 is 2.12 bits per heavy atom. The maximum Gasteiger partial charge on any atom is 0.242 e. The molecule has 0 aliphatic carbocycles. The third kappa shape index (κ3) is 2.08. The van der Waals surface area contributed by atoms with Crippen LogP contribution in [0.4, 0.5) is 5.95 Å². The lowest BCUT2D eigenvalue weighted by Gasteiger charge is -2.04. The van der Waals surface area contributed by atoms with Crippen LogP contribution in [0.3, 0.4) is 0 Å². The van der Waals surface area contributed by atoms with Crippen molar-refractivity contribution in [2.24, 2.45) is 0 Å². The number of nitrogens with zero attached hydrogens (tertiary/aromatic N) is 4. The fourth-order valence-electron chi connectivity index (χ4n) is 1.42. The first kappa shape index (κ1) is 10.4. The van der Waals surface area contributed by atoms with Crippen LogP contribution in [0.5, 0.6) is 0 Å². The van der Waals surface area contributed by atoms with E-state index in [4.69, 9.17) is 0 Å². The first-order valence-corrected chi connectivity index (χ1v) is 4.99. The summed E-state index contributed by atoms with van der Waals surface area (Å²) in [5, 5.41) is 14.3. The molecule has 2 aromatic rings. The van der Waals surface area contributed by atoms with Crippen molar-refractivity contribution in [1.29, 1.82) is 0 Å². The summed E-state index contributed by atoms with van der Waals surface area (Å²) in [6.45, 7) is 4.37. The molecule has 0 aliphatic rings. The van der Waals surface area contributed by atoms with Gasteiger partial charge in [0, 0.05) is 7.05 Å². The number of anilines is 1. The summed E-state index contributed by atoms with van der Waals surface area (Å²) in [6, 6.07) is 8.12. The second-order valence-electron chi connectivity index (χ2n) is 3.36. The van der Waals surface area contributed by atoms with Crippen LogP contribution in [0.1, 0.15) is 11.1 Å². The number of aromatic nitrogens is 4. The average molecular weight is 215 g/mol. The molecule has 0 bridgehead atoms. The molecule has 0 amide bonds. The molecule has 1 aromatic heterocycles. The predicted octanol–water partition coefficient (Wildman–Crippen LogP) is 1.41. The Labute approximate surface area is 93.8 Å². The largest absolute Gasteiger partial charge is 0.356 e. The molecular formula is C11H13N5. The third-order valence-corrected chi connectivity index (χ3v) is 2.30. The fraction of sp³-hybridized carbons (Fsp3) is 0.182. The molecule has 0 saturated heterocycles. The van der Waals surface area contributed by atoms with Crippen molar-refractivity contribution in [1.82, 2.24) is 20.2 Å². The van der Waals surface area contributed by atoms with Crippen LogP contribution in [0.2, 0.25) is 0 Å². The molecule has 0 saturated carbocycles. The van der Waals surface area contributed by atoms with Crippen molar-refractivity contribution >= 4 is 12.0 Å². The number of tetrazole rings is 1. The zero-order valence-electron chi connectivity index (χ0n) is 9.09. The van der Waals surface area contributed by atoms with Crippen molar-refractivity contribution in [3.8, 4) is 0 Å². The number of hydrogen-bond donors (Lipinski definition) is 1. The molecular weight excluding hydrogens is 202 g/mol. The fourth-order valence-corrected chi connectivity index (χ4v) is 1.42. The minimum atomic E-state index is 0.653. The first-order valence-electron chi connectivity index (χ1n) is 4.99. The summed E-state index contributed by atoms with van der Waals surface area (Å²) in [5.41, 5.74) is 2.25. The number of hydrogen-bond acceptors (Lipinski definition) is 4. The van der Waals surface area contributed by atoms with Crippen LogP contribution < -0.4 is 5.32 Å². The molecule has 1 heterocycles. The minimum Gasteiger partial charge on any atom is -0.356 e. The van der Waals surface area contributed by atoms with E-state index in [1.807, 2.05) is 30.3 Å². The average Bonchev–Trinajstić information content (AvgIpc) is 2.77. The van der Waals surface area contributed by atoms with Gasteiger partial charge in [0.1, 0.15) is 0 Å². The van der Waals surface area contributed by atoms with E-state index in [2.05, 4.69) is 27.4 Å². The zero-order chi connectivity index (χ0) is 11.4. The van der Waals surface area contributed by atoms with Gasteiger partial charge in [-0.25, -0.2) is 4.68 Å². The van der Waals surface area contributed by atoms with Gasteiger partial charge in [0.2, 0.25) is 5.95 Å². The SMILES string of the molecule is C=Cc1ccc(Cn2nnnc2NC)cc1. The van der Waals surface area contributed by atoms with E-state index in [9.17, 15) is 0 Å². The molecule has 0 unspecified atom stereocenters. The summed E-state index contributed by atoms with van der Waals surface area (Å²) in [6.07, 6.45) is 1.82. The van der Waals surface area contributed by atoms with Crippen molar-refractivity contribution < 1.29 is 0 Å². The standard InChI is InChI=1S/C11H13N5/c1-3-9-4-6-10(7-5-9)8-16-11(12-2)13-14-15-16/h3-7H,1,8H2,2H3,(H,12,13,15). The molecule has 82 valence electrons. The summed E-state index contributed by atoms with van der Waals surface area (Å²) in [7, 11) is 1.79. The Hall–Kier alpha value is -2.17. The highest BCUT2D eigenvalue weighted by atomic mass is 15.6. The molecule has 5 nitrogen and oxygen atoms in total. The number of nitrogens with one attached hydrogen (secondary N) is 1. The Morgan fingerprint density at radius 1 is 1.38 bits per heavy atom. The molecule has 0 atom stereocenters. The monoisotopic (exact) mass is 215 g/mol. The second-order valence-corrected chi connectivity index (χ2v) is 3.36. The van der Waals surface area contributed by atoms with Crippen LogP contribution in [0.15, 0.2) is 30.8 Å². The molecule has 16 heavy (non-hydrogen) atoms. The number of rotatable bonds is 4. The van der Waals surface area contributed by atoms with Gasteiger partial charge in [-0.15, -0.1) is 0 Å². The van der Waals surface area contributed by atoms with Gasteiger partial charge in [-0.05, 0) is 21.6 Å². The summed E-state index contributed by atoms with van der Waals surface area (Å²) >= 11 is 0. The Morgan fingerprint density at radius 3 is 2.75 bits per heavy atom. The molecule has 2 rings (SSSR count). The highest BCUT2D eigenvalue weighted by Crippen LogP contribution is 2.08. The molecule has 0 spiro atoms. The predicted molar refractivity (Wildman–Crippen MR) is 63.0 cm³/mol. The molecule has 5 heteroatoms. The Balaban J connectivity index is 2.17. The smallest absolute Gasteiger partial charge is 0.242 e. The zero-order valence-corrected chi connectivity index (χ0v) is 9.09. The second kappa shape index (κ2) is 4.57. The quantitative estimate of drug-likeness (QED) is 0.837. The van der Waals surface area contributed by atoms with Gasteiger partial charge in [-0.1, -0.05) is 42.0 Å². The Bertz CT molecular complexity index is 471. The van der Waals surface area contributed by atoms with E-state index in [-0.39, 0.29) is 0 Å². The maximum atomic E-state index is 3.90. The summed E-state index contributed by atoms with van der Waals surface area (Å²) < 4.78 is 1.71. The van der Waals surface area contributed by atoms with Gasteiger partial charge in [-0.3, -0.25) is 0 Å². The van der Waals surface area contributed by atoms with Crippen molar-refractivity contribution in [2.75, 3.05) is 12.4 Å². The minimum absolute atomic E-state index is 0.653. The normalized spacial score (nSPS) is 10.1. The van der Waals surface area contributed by atoms with Gasteiger partial charge < -0.3 is 5.32 Å². The maximum absolute atomic E-state index is 3.90. The van der Waals surface area contributed by atoms with Crippen LogP contribution in [-0.2, 0) is 6.54 Å². The highest BCUT2D eigenvalue weighted by Gasteiger charge is 2.03. The van der Waals surface area contributed by atoms with E-state index in [1.54, 1.807) is 11.7 Å². The van der Waals surface area contributed by atoms with Gasteiger partial charge in [0.15, 0.2) is 0 Å². The topological polar surface area (TPSA) is 55.6 Å². The molecule has 0 aliphatic heterocycles. The molecule has 1 aromatic carbocycles. The highest BCUT2D eigenvalue weighted by molar-refractivity contribution is 5.47. The molecule has 0 radical (unpaired) electrons. The van der Waals surface area contributed by atoms with Crippen LogP contribution in [-0.4, -0.2) is 27.3 Å². The van der Waals surface area contributed by atoms with Crippen LogP contribution in [0, 0.1) is 0 Å². The van der Waals surface area contributed by atoms with E-state index in [1.165, 1.54) is 0 Å². The van der Waals surface area contributed by atoms with Gasteiger partial charge >= 0.3 is 0 Å².